The molecule has 110 valence electrons. The fourth-order valence-corrected chi connectivity index (χ4v) is 2.85. The molecule has 0 saturated carbocycles. The fourth-order valence-electron chi connectivity index (χ4n) is 2.85. The van der Waals surface area contributed by atoms with Crippen molar-refractivity contribution in [1.29, 1.82) is 0 Å². The zero-order valence-corrected chi connectivity index (χ0v) is 12.1. The molecule has 3 heterocycles. The Labute approximate surface area is 118 Å². The maximum atomic E-state index is 12.4. The van der Waals surface area contributed by atoms with E-state index in [4.69, 9.17) is 9.15 Å². The van der Waals surface area contributed by atoms with Crippen molar-refractivity contribution in [1.82, 2.24) is 14.8 Å². The minimum absolute atomic E-state index is 0.109. The van der Waals surface area contributed by atoms with Crippen molar-refractivity contribution >= 4 is 5.91 Å². The van der Waals surface area contributed by atoms with Crippen molar-refractivity contribution in [3.8, 4) is 0 Å². The van der Waals surface area contributed by atoms with E-state index in [1.807, 2.05) is 0 Å². The number of rotatable bonds is 3. The molecule has 0 N–H and O–H groups in total. The van der Waals surface area contributed by atoms with Gasteiger partial charge in [-0.3, -0.25) is 9.69 Å². The number of hydrogen-bond acceptors (Lipinski definition) is 5. The minimum Gasteiger partial charge on any atom is -0.437 e. The van der Waals surface area contributed by atoms with Gasteiger partial charge in [0.1, 0.15) is 5.76 Å². The normalized spacial score (nSPS) is 23.1. The lowest BCUT2D eigenvalue weighted by Crippen LogP contribution is -2.30. The first-order valence-electron chi connectivity index (χ1n) is 7.24. The lowest BCUT2D eigenvalue weighted by molar-refractivity contribution is 0.0687. The molecule has 1 unspecified atom stereocenters. The summed E-state index contributed by atoms with van der Waals surface area (Å²) in [6, 6.07) is 0. The van der Waals surface area contributed by atoms with Crippen LogP contribution in [0.1, 0.15) is 35.5 Å². The second-order valence-corrected chi connectivity index (χ2v) is 5.41. The molecule has 1 amide bonds. The average molecular weight is 279 g/mol. The zero-order chi connectivity index (χ0) is 14.1. The topological polar surface area (TPSA) is 58.8 Å². The Morgan fingerprint density at radius 2 is 2.35 bits per heavy atom. The molecule has 1 atom stereocenters. The molecular formula is C14H21N3O3. The van der Waals surface area contributed by atoms with Crippen molar-refractivity contribution in [3.63, 3.8) is 0 Å². The second-order valence-electron chi connectivity index (χ2n) is 5.41. The summed E-state index contributed by atoms with van der Waals surface area (Å²) in [7, 11) is 1.68. The Morgan fingerprint density at radius 1 is 1.50 bits per heavy atom. The first kappa shape index (κ1) is 13.6. The van der Waals surface area contributed by atoms with Crippen molar-refractivity contribution in [2.75, 3.05) is 33.3 Å². The molecule has 6 nitrogen and oxygen atoms in total. The lowest BCUT2D eigenvalue weighted by atomic mass is 10.2. The number of fused-ring (bicyclic) bond motifs is 1. The third-order valence-electron chi connectivity index (χ3n) is 4.20. The highest BCUT2D eigenvalue weighted by molar-refractivity contribution is 5.90. The summed E-state index contributed by atoms with van der Waals surface area (Å²) < 4.78 is 11.0. The average Bonchev–Trinajstić information content (AvgIpc) is 3.11. The van der Waals surface area contributed by atoms with Crippen molar-refractivity contribution in [2.24, 2.45) is 0 Å². The van der Waals surface area contributed by atoms with Crippen LogP contribution in [-0.2, 0) is 17.7 Å². The molecule has 1 saturated heterocycles. The van der Waals surface area contributed by atoms with Gasteiger partial charge in [-0.25, -0.2) is 4.98 Å². The molecule has 1 fully saturated rings. The smallest absolute Gasteiger partial charge is 0.309 e. The van der Waals surface area contributed by atoms with Gasteiger partial charge in [0.2, 0.25) is 0 Å². The van der Waals surface area contributed by atoms with Crippen LogP contribution in [0.3, 0.4) is 0 Å². The van der Waals surface area contributed by atoms with Crippen LogP contribution in [-0.4, -0.2) is 60.1 Å². The number of hydrogen-bond donors (Lipinski definition) is 0. The Morgan fingerprint density at radius 3 is 3.05 bits per heavy atom. The number of aromatic nitrogens is 1. The van der Waals surface area contributed by atoms with Crippen LogP contribution < -0.4 is 0 Å². The molecule has 1 aromatic rings. The van der Waals surface area contributed by atoms with Gasteiger partial charge < -0.3 is 14.1 Å². The third-order valence-corrected chi connectivity index (χ3v) is 4.20. The SMILES string of the molecule is CCN1CCc2oc(C(=O)N3CCC(OC)C3)nc2C1. The Kier molecular flexibility index (Phi) is 3.76. The van der Waals surface area contributed by atoms with Crippen LogP contribution in [0.15, 0.2) is 4.42 Å². The van der Waals surface area contributed by atoms with E-state index in [0.717, 1.165) is 43.9 Å². The predicted molar refractivity (Wildman–Crippen MR) is 72.5 cm³/mol. The quantitative estimate of drug-likeness (QED) is 0.823. The molecule has 0 aliphatic carbocycles. The van der Waals surface area contributed by atoms with E-state index in [2.05, 4.69) is 16.8 Å². The second kappa shape index (κ2) is 5.54. The van der Waals surface area contributed by atoms with Gasteiger partial charge in [-0.05, 0) is 13.0 Å². The van der Waals surface area contributed by atoms with E-state index >= 15 is 0 Å². The van der Waals surface area contributed by atoms with Gasteiger partial charge in [0.25, 0.3) is 5.89 Å². The maximum absolute atomic E-state index is 12.4. The molecule has 6 heteroatoms. The number of likely N-dealkylation sites (tertiary alicyclic amines) is 1. The number of carbonyl (C=O) groups is 1. The lowest BCUT2D eigenvalue weighted by Gasteiger charge is -2.22. The van der Waals surface area contributed by atoms with E-state index in [9.17, 15) is 4.79 Å². The zero-order valence-electron chi connectivity index (χ0n) is 12.1. The van der Waals surface area contributed by atoms with Gasteiger partial charge in [0.05, 0.1) is 11.8 Å². The van der Waals surface area contributed by atoms with Gasteiger partial charge in [-0.15, -0.1) is 0 Å². The van der Waals surface area contributed by atoms with E-state index in [1.165, 1.54) is 0 Å². The van der Waals surface area contributed by atoms with Crippen LogP contribution in [0.25, 0.3) is 0 Å². The molecule has 2 aliphatic heterocycles. The maximum Gasteiger partial charge on any atom is 0.309 e. The number of methoxy groups -OCH3 is 1. The minimum atomic E-state index is -0.109. The Hall–Kier alpha value is -1.40. The van der Waals surface area contributed by atoms with Crippen molar-refractivity contribution in [2.45, 2.75) is 32.4 Å². The number of likely N-dealkylation sites (N-methyl/N-ethyl adjacent to an activating group) is 1. The standard InChI is InChI=1S/C14H21N3O3/c1-3-16-6-5-12-11(9-16)15-13(20-12)14(18)17-7-4-10(8-17)19-2/h10H,3-9H2,1-2H3. The van der Waals surface area contributed by atoms with Crippen LogP contribution in [0.4, 0.5) is 0 Å². The molecule has 0 spiro atoms. The molecule has 3 rings (SSSR count). The molecule has 2 aliphatic rings. The van der Waals surface area contributed by atoms with Gasteiger partial charge >= 0.3 is 5.91 Å². The molecular weight excluding hydrogens is 258 g/mol. The van der Waals surface area contributed by atoms with Crippen LogP contribution >= 0.6 is 0 Å². The molecule has 0 aromatic carbocycles. The predicted octanol–water partition coefficient (Wildman–Crippen LogP) is 0.913. The summed E-state index contributed by atoms with van der Waals surface area (Å²) in [6.07, 6.45) is 1.86. The monoisotopic (exact) mass is 279 g/mol. The summed E-state index contributed by atoms with van der Waals surface area (Å²) >= 11 is 0. The van der Waals surface area contributed by atoms with Gasteiger partial charge in [-0.1, -0.05) is 6.92 Å². The van der Waals surface area contributed by atoms with Crippen LogP contribution in [0.5, 0.6) is 0 Å². The summed E-state index contributed by atoms with van der Waals surface area (Å²) in [5, 5.41) is 0. The fraction of sp³-hybridized carbons (Fsp3) is 0.714. The highest BCUT2D eigenvalue weighted by atomic mass is 16.5. The summed E-state index contributed by atoms with van der Waals surface area (Å²) in [5.74, 6) is 1.01. The Bertz CT molecular complexity index is 500. The third kappa shape index (κ3) is 2.45. The highest BCUT2D eigenvalue weighted by Crippen LogP contribution is 2.22. The van der Waals surface area contributed by atoms with E-state index in [-0.39, 0.29) is 17.9 Å². The van der Waals surface area contributed by atoms with E-state index in [0.29, 0.717) is 13.1 Å². The molecule has 0 radical (unpaired) electrons. The molecule has 20 heavy (non-hydrogen) atoms. The van der Waals surface area contributed by atoms with E-state index < -0.39 is 0 Å². The summed E-state index contributed by atoms with van der Waals surface area (Å²) in [5.41, 5.74) is 0.920. The largest absolute Gasteiger partial charge is 0.437 e. The van der Waals surface area contributed by atoms with Gasteiger partial charge in [0.15, 0.2) is 0 Å². The van der Waals surface area contributed by atoms with Crippen LogP contribution in [0, 0.1) is 0 Å². The Balaban J connectivity index is 1.72. The van der Waals surface area contributed by atoms with Crippen molar-refractivity contribution < 1.29 is 13.9 Å². The summed E-state index contributed by atoms with van der Waals surface area (Å²) in [6.45, 7) is 6.23. The number of ether oxygens (including phenoxy) is 1. The first-order chi connectivity index (χ1) is 9.71. The van der Waals surface area contributed by atoms with Crippen LogP contribution in [0.2, 0.25) is 0 Å². The van der Waals surface area contributed by atoms with Gasteiger partial charge in [0, 0.05) is 39.7 Å². The number of amides is 1. The molecule has 0 bridgehead atoms. The highest BCUT2D eigenvalue weighted by Gasteiger charge is 2.31. The van der Waals surface area contributed by atoms with Crippen molar-refractivity contribution in [3.05, 3.63) is 17.3 Å². The first-order valence-corrected chi connectivity index (χ1v) is 7.24. The summed E-state index contributed by atoms with van der Waals surface area (Å²) in [4.78, 5) is 20.9. The van der Waals surface area contributed by atoms with E-state index in [1.54, 1.807) is 12.0 Å². The number of carbonyl (C=O) groups excluding carboxylic acids is 1. The number of oxazole rings is 1. The molecule has 1 aromatic heterocycles. The van der Waals surface area contributed by atoms with Gasteiger partial charge in [-0.2, -0.15) is 0 Å². The number of nitrogens with zero attached hydrogens (tertiary/aromatic N) is 3.